The van der Waals surface area contributed by atoms with E-state index in [2.05, 4.69) is 28.2 Å². The monoisotopic (exact) mass is 327 g/mol. The number of benzene rings is 1. The van der Waals surface area contributed by atoms with E-state index in [1.807, 2.05) is 24.3 Å². The lowest BCUT2D eigenvalue weighted by atomic mass is 10.0. The van der Waals surface area contributed by atoms with Crippen LogP contribution < -0.4 is 5.32 Å². The maximum atomic E-state index is 11.7. The van der Waals surface area contributed by atoms with E-state index in [9.17, 15) is 4.79 Å². The second-order valence-corrected chi connectivity index (χ2v) is 5.64. The molecule has 1 amide bonds. The smallest absolute Gasteiger partial charge is 0.220 e. The molecule has 0 heterocycles. The molecule has 106 valence electrons. The Balaban J connectivity index is 2.28. The van der Waals surface area contributed by atoms with E-state index in [-0.39, 0.29) is 12.5 Å². The average molecular weight is 328 g/mol. The van der Waals surface area contributed by atoms with Crippen LogP contribution in [0.3, 0.4) is 0 Å². The molecule has 2 N–H and O–H groups in total. The van der Waals surface area contributed by atoms with Crippen LogP contribution in [0.4, 0.5) is 0 Å². The summed E-state index contributed by atoms with van der Waals surface area (Å²) in [6.07, 6.45) is 2.99. The number of amides is 1. The van der Waals surface area contributed by atoms with Crippen LogP contribution in [-0.4, -0.2) is 24.2 Å². The fourth-order valence-electron chi connectivity index (χ4n) is 1.93. The highest BCUT2D eigenvalue weighted by Gasteiger charge is 2.08. The van der Waals surface area contributed by atoms with Crippen molar-refractivity contribution in [2.45, 2.75) is 32.6 Å². The van der Waals surface area contributed by atoms with E-state index in [0.29, 0.717) is 18.9 Å². The highest BCUT2D eigenvalue weighted by atomic mass is 79.9. The molecule has 0 aliphatic rings. The maximum absolute atomic E-state index is 11.7. The molecular formula is C15H22BrNO2. The molecular weight excluding hydrogens is 306 g/mol. The van der Waals surface area contributed by atoms with Gasteiger partial charge in [-0.05, 0) is 36.5 Å². The third kappa shape index (κ3) is 6.73. The zero-order valence-electron chi connectivity index (χ0n) is 11.4. The maximum Gasteiger partial charge on any atom is 0.220 e. The van der Waals surface area contributed by atoms with Crippen molar-refractivity contribution < 1.29 is 9.90 Å². The molecule has 0 aliphatic heterocycles. The molecule has 3 nitrogen and oxygen atoms in total. The third-order valence-electron chi connectivity index (χ3n) is 3.23. The summed E-state index contributed by atoms with van der Waals surface area (Å²) in [4.78, 5) is 11.7. The Morgan fingerprint density at radius 3 is 2.89 bits per heavy atom. The zero-order chi connectivity index (χ0) is 14.1. The van der Waals surface area contributed by atoms with E-state index >= 15 is 0 Å². The minimum atomic E-state index is 0.0800. The summed E-state index contributed by atoms with van der Waals surface area (Å²) >= 11 is 3.42. The zero-order valence-corrected chi connectivity index (χ0v) is 12.9. The number of aliphatic hydroxyl groups excluding tert-OH is 1. The van der Waals surface area contributed by atoms with Gasteiger partial charge in [0, 0.05) is 24.0 Å². The highest BCUT2D eigenvalue weighted by Crippen LogP contribution is 2.13. The van der Waals surface area contributed by atoms with Crippen LogP contribution in [0.25, 0.3) is 0 Å². The van der Waals surface area contributed by atoms with Gasteiger partial charge in [0.25, 0.3) is 0 Å². The van der Waals surface area contributed by atoms with E-state index in [1.165, 1.54) is 0 Å². The van der Waals surface area contributed by atoms with Gasteiger partial charge in [-0.25, -0.2) is 0 Å². The van der Waals surface area contributed by atoms with Gasteiger partial charge < -0.3 is 10.4 Å². The number of aryl methyl sites for hydroxylation is 1. The summed E-state index contributed by atoms with van der Waals surface area (Å²) in [5.74, 6) is 0.455. The van der Waals surface area contributed by atoms with Crippen molar-refractivity contribution in [1.29, 1.82) is 0 Å². The molecule has 0 spiro atoms. The second-order valence-electron chi connectivity index (χ2n) is 4.72. The minimum Gasteiger partial charge on any atom is -0.396 e. The molecule has 0 saturated carbocycles. The molecule has 1 aromatic carbocycles. The summed E-state index contributed by atoms with van der Waals surface area (Å²) < 4.78 is 1.04. The largest absolute Gasteiger partial charge is 0.396 e. The molecule has 1 rings (SSSR count). The Hall–Kier alpha value is -0.870. The summed E-state index contributed by atoms with van der Waals surface area (Å²) in [5.41, 5.74) is 1.16. The number of aliphatic hydroxyl groups is 1. The Bertz CT molecular complexity index is 395. The van der Waals surface area contributed by atoms with Crippen molar-refractivity contribution in [3.63, 3.8) is 0 Å². The van der Waals surface area contributed by atoms with Crippen molar-refractivity contribution in [2.24, 2.45) is 5.92 Å². The number of halogens is 1. The van der Waals surface area contributed by atoms with E-state index < -0.39 is 0 Å². The predicted octanol–water partition coefficient (Wildman–Crippen LogP) is 2.91. The lowest BCUT2D eigenvalue weighted by Crippen LogP contribution is -2.29. The van der Waals surface area contributed by atoms with Crippen LogP contribution in [0, 0.1) is 5.92 Å². The summed E-state index contributed by atoms with van der Waals surface area (Å²) in [7, 11) is 0. The van der Waals surface area contributed by atoms with Crippen molar-refractivity contribution in [2.75, 3.05) is 13.2 Å². The first-order valence-corrected chi connectivity index (χ1v) is 7.57. The molecule has 0 radical (unpaired) electrons. The van der Waals surface area contributed by atoms with Crippen molar-refractivity contribution in [3.8, 4) is 0 Å². The SMILES string of the molecule is CCC(CCO)CNC(=O)CCc1cccc(Br)c1. The number of rotatable bonds is 8. The summed E-state index contributed by atoms with van der Waals surface area (Å²) in [6.45, 7) is 2.93. The molecule has 0 aliphatic carbocycles. The quantitative estimate of drug-likeness (QED) is 0.771. The average Bonchev–Trinajstić information content (AvgIpc) is 2.41. The standard InChI is InChI=1S/C15H22BrNO2/c1-2-12(8-9-18)11-17-15(19)7-6-13-4-3-5-14(16)10-13/h3-5,10,12,18H,2,6-9,11H2,1H3,(H,17,19). The lowest BCUT2D eigenvalue weighted by Gasteiger charge is -2.14. The number of hydrogen-bond donors (Lipinski definition) is 2. The predicted molar refractivity (Wildman–Crippen MR) is 81.0 cm³/mol. The summed E-state index contributed by atoms with van der Waals surface area (Å²) in [6, 6.07) is 8.02. The molecule has 0 fully saturated rings. The van der Waals surface area contributed by atoms with Crippen LogP contribution in [-0.2, 0) is 11.2 Å². The molecule has 1 atom stereocenters. The van der Waals surface area contributed by atoms with Gasteiger partial charge in [0.15, 0.2) is 0 Å². The van der Waals surface area contributed by atoms with Gasteiger partial charge in [0.1, 0.15) is 0 Å². The number of carbonyl (C=O) groups is 1. The van der Waals surface area contributed by atoms with Gasteiger partial charge in [0.05, 0.1) is 0 Å². The van der Waals surface area contributed by atoms with Crippen LogP contribution in [0.2, 0.25) is 0 Å². The number of nitrogens with one attached hydrogen (secondary N) is 1. The molecule has 0 saturated heterocycles. The van der Waals surface area contributed by atoms with Crippen LogP contribution in [0.1, 0.15) is 31.7 Å². The van der Waals surface area contributed by atoms with Crippen LogP contribution >= 0.6 is 15.9 Å². The van der Waals surface area contributed by atoms with E-state index in [0.717, 1.165) is 29.3 Å². The first kappa shape index (κ1) is 16.2. The van der Waals surface area contributed by atoms with Gasteiger partial charge >= 0.3 is 0 Å². The van der Waals surface area contributed by atoms with Gasteiger partial charge in [0.2, 0.25) is 5.91 Å². The fourth-order valence-corrected chi connectivity index (χ4v) is 2.38. The Labute approximate surface area is 123 Å². The number of hydrogen-bond acceptors (Lipinski definition) is 2. The topological polar surface area (TPSA) is 49.3 Å². The fraction of sp³-hybridized carbons (Fsp3) is 0.533. The Morgan fingerprint density at radius 1 is 1.47 bits per heavy atom. The highest BCUT2D eigenvalue weighted by molar-refractivity contribution is 9.10. The first-order valence-electron chi connectivity index (χ1n) is 6.77. The molecule has 0 bridgehead atoms. The molecule has 1 aromatic rings. The summed E-state index contributed by atoms with van der Waals surface area (Å²) in [5, 5.41) is 11.8. The molecule has 1 unspecified atom stereocenters. The van der Waals surface area contributed by atoms with Crippen molar-refractivity contribution in [3.05, 3.63) is 34.3 Å². The van der Waals surface area contributed by atoms with E-state index in [4.69, 9.17) is 5.11 Å². The molecule has 0 aromatic heterocycles. The Kier molecular flexibility index (Phi) is 7.75. The lowest BCUT2D eigenvalue weighted by molar-refractivity contribution is -0.121. The second kappa shape index (κ2) is 9.10. The van der Waals surface area contributed by atoms with E-state index in [1.54, 1.807) is 0 Å². The molecule has 19 heavy (non-hydrogen) atoms. The normalized spacial score (nSPS) is 12.2. The van der Waals surface area contributed by atoms with Crippen molar-refractivity contribution >= 4 is 21.8 Å². The van der Waals surface area contributed by atoms with Crippen LogP contribution in [0.15, 0.2) is 28.7 Å². The number of carbonyl (C=O) groups excluding carboxylic acids is 1. The Morgan fingerprint density at radius 2 is 2.26 bits per heavy atom. The first-order chi connectivity index (χ1) is 9.15. The third-order valence-corrected chi connectivity index (χ3v) is 3.73. The van der Waals surface area contributed by atoms with Gasteiger partial charge in [-0.15, -0.1) is 0 Å². The van der Waals surface area contributed by atoms with Crippen LogP contribution in [0.5, 0.6) is 0 Å². The van der Waals surface area contributed by atoms with Gasteiger partial charge in [-0.3, -0.25) is 4.79 Å². The minimum absolute atomic E-state index is 0.0800. The van der Waals surface area contributed by atoms with Gasteiger partial charge in [-0.2, -0.15) is 0 Å². The van der Waals surface area contributed by atoms with Gasteiger partial charge in [-0.1, -0.05) is 41.4 Å². The molecule has 4 heteroatoms. The van der Waals surface area contributed by atoms with Crippen molar-refractivity contribution in [1.82, 2.24) is 5.32 Å².